The minimum Gasteiger partial charge on any atom is -0.490 e. The first kappa shape index (κ1) is 20.3. The fourth-order valence-corrected chi connectivity index (χ4v) is 2.46. The molecular weight excluding hydrogens is 377 g/mol. The fraction of sp³-hybridized carbons (Fsp3) is 0.286. The highest BCUT2D eigenvalue weighted by Crippen LogP contribution is 2.29. The first-order chi connectivity index (χ1) is 14.1. The van der Waals surface area contributed by atoms with Crippen molar-refractivity contribution in [3.05, 3.63) is 59.4 Å². The molecule has 0 heterocycles. The largest absolute Gasteiger partial charge is 0.490 e. The standard InChI is InChI=1S/C21H22FN3O4/c1-2-28-19-11-14(12-23-25-21(27)20(26)24-16-8-9-16)7-10-18(19)29-13-15-5-3-4-6-17(15)22/h3-7,10-12,16H,2,8-9,13H2,1H3,(H,24,26)(H,25,27)/b23-12-. The van der Waals surface area contributed by atoms with Crippen molar-refractivity contribution in [2.24, 2.45) is 5.10 Å². The van der Waals surface area contributed by atoms with E-state index in [1.165, 1.54) is 12.3 Å². The van der Waals surface area contributed by atoms with Gasteiger partial charge in [-0.25, -0.2) is 9.82 Å². The summed E-state index contributed by atoms with van der Waals surface area (Å²) < 4.78 is 25.0. The molecule has 1 aliphatic rings. The number of hydrazone groups is 1. The Balaban J connectivity index is 1.61. The lowest BCUT2D eigenvalue weighted by molar-refractivity contribution is -0.139. The second-order valence-corrected chi connectivity index (χ2v) is 6.47. The molecule has 2 N–H and O–H groups in total. The van der Waals surface area contributed by atoms with Crippen LogP contribution in [0.4, 0.5) is 4.39 Å². The Bertz CT molecular complexity index is 913. The van der Waals surface area contributed by atoms with Crippen molar-refractivity contribution < 1.29 is 23.5 Å². The molecule has 29 heavy (non-hydrogen) atoms. The molecule has 1 saturated carbocycles. The zero-order valence-corrected chi connectivity index (χ0v) is 16.0. The summed E-state index contributed by atoms with van der Waals surface area (Å²) in [6, 6.07) is 11.5. The van der Waals surface area contributed by atoms with Crippen LogP contribution in [0.5, 0.6) is 11.5 Å². The van der Waals surface area contributed by atoms with Crippen LogP contribution < -0.4 is 20.2 Å². The number of nitrogens with one attached hydrogen (secondary N) is 2. The number of ether oxygens (including phenoxy) is 2. The monoisotopic (exact) mass is 399 g/mol. The van der Waals surface area contributed by atoms with E-state index in [-0.39, 0.29) is 18.5 Å². The highest BCUT2D eigenvalue weighted by atomic mass is 19.1. The van der Waals surface area contributed by atoms with Gasteiger partial charge in [0.15, 0.2) is 11.5 Å². The van der Waals surface area contributed by atoms with Gasteiger partial charge in [0, 0.05) is 11.6 Å². The summed E-state index contributed by atoms with van der Waals surface area (Å²) >= 11 is 0. The molecule has 2 amide bonds. The van der Waals surface area contributed by atoms with Crippen LogP contribution in [0.15, 0.2) is 47.6 Å². The van der Waals surface area contributed by atoms with Crippen molar-refractivity contribution >= 4 is 18.0 Å². The number of hydrogen-bond acceptors (Lipinski definition) is 5. The van der Waals surface area contributed by atoms with Gasteiger partial charge in [-0.05, 0) is 49.6 Å². The van der Waals surface area contributed by atoms with Crippen LogP contribution in [-0.4, -0.2) is 30.7 Å². The van der Waals surface area contributed by atoms with Gasteiger partial charge in [0.2, 0.25) is 0 Å². The second kappa shape index (κ2) is 9.68. The summed E-state index contributed by atoms with van der Waals surface area (Å²) in [5.41, 5.74) is 3.26. The minimum absolute atomic E-state index is 0.0619. The molecule has 0 saturated heterocycles. The van der Waals surface area contributed by atoms with Crippen LogP contribution in [0.3, 0.4) is 0 Å². The SMILES string of the molecule is CCOc1cc(/C=N\NC(=O)C(=O)NC2CC2)ccc1OCc1ccccc1F. The van der Waals surface area contributed by atoms with Crippen LogP contribution >= 0.6 is 0 Å². The van der Waals surface area contributed by atoms with Crippen molar-refractivity contribution in [1.82, 2.24) is 10.7 Å². The number of carbonyl (C=O) groups is 2. The maximum Gasteiger partial charge on any atom is 0.329 e. The van der Waals surface area contributed by atoms with E-state index in [4.69, 9.17) is 9.47 Å². The van der Waals surface area contributed by atoms with Gasteiger partial charge in [-0.1, -0.05) is 18.2 Å². The van der Waals surface area contributed by atoms with Gasteiger partial charge in [-0.3, -0.25) is 9.59 Å². The Labute approximate surface area is 167 Å². The van der Waals surface area contributed by atoms with E-state index < -0.39 is 11.8 Å². The Kier molecular flexibility index (Phi) is 6.78. The Morgan fingerprint density at radius 2 is 1.93 bits per heavy atom. The molecule has 0 aromatic heterocycles. The van der Waals surface area contributed by atoms with E-state index in [9.17, 15) is 14.0 Å². The Morgan fingerprint density at radius 3 is 2.66 bits per heavy atom. The molecule has 0 spiro atoms. The van der Waals surface area contributed by atoms with Crippen molar-refractivity contribution in [2.45, 2.75) is 32.4 Å². The molecule has 0 atom stereocenters. The lowest BCUT2D eigenvalue weighted by Crippen LogP contribution is -2.38. The molecule has 152 valence electrons. The zero-order valence-electron chi connectivity index (χ0n) is 16.0. The minimum atomic E-state index is -0.817. The molecule has 0 unspecified atom stereocenters. The number of rotatable bonds is 8. The third-order valence-corrected chi connectivity index (χ3v) is 4.11. The number of carbonyl (C=O) groups excluding carboxylic acids is 2. The van der Waals surface area contributed by atoms with Crippen LogP contribution in [-0.2, 0) is 16.2 Å². The summed E-state index contributed by atoms with van der Waals surface area (Å²) in [5.74, 6) is -0.930. The summed E-state index contributed by atoms with van der Waals surface area (Å²) in [6.07, 6.45) is 3.19. The number of hydrogen-bond donors (Lipinski definition) is 2. The molecule has 3 rings (SSSR count). The number of benzene rings is 2. The highest BCUT2D eigenvalue weighted by Gasteiger charge is 2.26. The average molecular weight is 399 g/mol. The van der Waals surface area contributed by atoms with Gasteiger partial charge in [0.1, 0.15) is 12.4 Å². The smallest absolute Gasteiger partial charge is 0.329 e. The van der Waals surface area contributed by atoms with Gasteiger partial charge >= 0.3 is 11.8 Å². The van der Waals surface area contributed by atoms with Crippen molar-refractivity contribution in [3.63, 3.8) is 0 Å². The Morgan fingerprint density at radius 1 is 1.14 bits per heavy atom. The van der Waals surface area contributed by atoms with Crippen LogP contribution in [0.2, 0.25) is 0 Å². The maximum atomic E-state index is 13.7. The van der Waals surface area contributed by atoms with Crippen molar-refractivity contribution in [3.8, 4) is 11.5 Å². The van der Waals surface area contributed by atoms with Crippen molar-refractivity contribution in [2.75, 3.05) is 6.61 Å². The topological polar surface area (TPSA) is 89.0 Å². The maximum absolute atomic E-state index is 13.7. The zero-order chi connectivity index (χ0) is 20.6. The molecule has 7 nitrogen and oxygen atoms in total. The summed E-state index contributed by atoms with van der Waals surface area (Å²) in [5, 5.41) is 6.37. The molecule has 0 radical (unpaired) electrons. The molecule has 8 heteroatoms. The van der Waals surface area contributed by atoms with E-state index in [0.717, 1.165) is 12.8 Å². The fourth-order valence-electron chi connectivity index (χ4n) is 2.46. The van der Waals surface area contributed by atoms with E-state index in [2.05, 4.69) is 15.8 Å². The third kappa shape index (κ3) is 6.03. The van der Waals surface area contributed by atoms with Gasteiger partial charge in [-0.15, -0.1) is 0 Å². The van der Waals surface area contributed by atoms with Gasteiger partial charge < -0.3 is 14.8 Å². The summed E-state index contributed by atoms with van der Waals surface area (Å²) in [4.78, 5) is 23.2. The lowest BCUT2D eigenvalue weighted by Gasteiger charge is -2.13. The average Bonchev–Trinajstić information content (AvgIpc) is 3.52. The molecular formula is C21H22FN3O4. The first-order valence-electron chi connectivity index (χ1n) is 9.33. The third-order valence-electron chi connectivity index (χ3n) is 4.11. The van der Waals surface area contributed by atoms with E-state index in [1.807, 2.05) is 6.92 Å². The van der Waals surface area contributed by atoms with Crippen molar-refractivity contribution in [1.29, 1.82) is 0 Å². The number of nitrogens with zero attached hydrogens (tertiary/aromatic N) is 1. The van der Waals surface area contributed by atoms with E-state index >= 15 is 0 Å². The molecule has 0 aliphatic heterocycles. The quantitative estimate of drug-likeness (QED) is 0.406. The first-order valence-corrected chi connectivity index (χ1v) is 9.33. The van der Waals surface area contributed by atoms with Crippen LogP contribution in [0.25, 0.3) is 0 Å². The van der Waals surface area contributed by atoms with Gasteiger partial charge in [0.05, 0.1) is 12.8 Å². The normalized spacial score (nSPS) is 13.2. The van der Waals surface area contributed by atoms with E-state index in [1.54, 1.807) is 36.4 Å². The number of amides is 2. The second-order valence-electron chi connectivity index (χ2n) is 6.47. The lowest BCUT2D eigenvalue weighted by atomic mass is 10.2. The summed E-state index contributed by atoms with van der Waals surface area (Å²) in [7, 11) is 0. The van der Waals surface area contributed by atoms with Gasteiger partial charge in [0.25, 0.3) is 0 Å². The van der Waals surface area contributed by atoms with E-state index in [0.29, 0.717) is 29.2 Å². The Hall–Kier alpha value is -3.42. The predicted octanol–water partition coefficient (Wildman–Crippen LogP) is 2.53. The summed E-state index contributed by atoms with van der Waals surface area (Å²) in [6.45, 7) is 2.31. The highest BCUT2D eigenvalue weighted by molar-refractivity contribution is 6.35. The molecule has 1 aliphatic carbocycles. The molecule has 2 aromatic rings. The molecule has 2 aromatic carbocycles. The molecule has 0 bridgehead atoms. The number of halogens is 1. The van der Waals surface area contributed by atoms with Crippen LogP contribution in [0, 0.1) is 5.82 Å². The predicted molar refractivity (Wildman–Crippen MR) is 105 cm³/mol. The molecule has 1 fully saturated rings. The van der Waals surface area contributed by atoms with Gasteiger partial charge in [-0.2, -0.15) is 5.10 Å². The van der Waals surface area contributed by atoms with Crippen LogP contribution in [0.1, 0.15) is 30.9 Å².